The summed E-state index contributed by atoms with van der Waals surface area (Å²) >= 11 is 0. The van der Waals surface area contributed by atoms with Crippen LogP contribution >= 0.6 is 0 Å². The van der Waals surface area contributed by atoms with Gasteiger partial charge in [0.15, 0.2) is 5.82 Å². The summed E-state index contributed by atoms with van der Waals surface area (Å²) in [4.78, 5) is 39.0. The van der Waals surface area contributed by atoms with Gasteiger partial charge in [0.1, 0.15) is 11.2 Å². The highest BCUT2D eigenvalue weighted by Crippen LogP contribution is 2.36. The van der Waals surface area contributed by atoms with E-state index in [1.54, 1.807) is 16.8 Å². The zero-order valence-electron chi connectivity index (χ0n) is 23.8. The van der Waals surface area contributed by atoms with Crippen LogP contribution in [0.2, 0.25) is 0 Å². The van der Waals surface area contributed by atoms with Crippen LogP contribution in [0.4, 0.5) is 4.79 Å². The van der Waals surface area contributed by atoms with E-state index in [-0.39, 0.29) is 18.0 Å². The zero-order valence-corrected chi connectivity index (χ0v) is 23.8. The molecule has 2 atom stereocenters. The highest BCUT2D eigenvalue weighted by molar-refractivity contribution is 5.98. The van der Waals surface area contributed by atoms with Crippen molar-refractivity contribution < 1.29 is 14.3 Å². The minimum Gasteiger partial charge on any atom is -0.444 e. The maximum absolute atomic E-state index is 13.6. The van der Waals surface area contributed by atoms with Crippen LogP contribution in [0.1, 0.15) is 44.0 Å². The number of hydrogen-bond acceptors (Lipinski definition) is 6. The minimum atomic E-state index is -0.597. The Labute approximate surface area is 233 Å². The third-order valence-corrected chi connectivity index (χ3v) is 7.95. The van der Waals surface area contributed by atoms with Crippen molar-refractivity contribution in [2.75, 3.05) is 20.1 Å². The van der Waals surface area contributed by atoms with Crippen LogP contribution in [0.3, 0.4) is 0 Å². The number of fused-ring (bicyclic) bond motifs is 2. The molecule has 2 amide bonds. The number of aromatic nitrogens is 4. The number of nitrogens with zero attached hydrogens (tertiary/aromatic N) is 6. The lowest BCUT2D eigenvalue weighted by molar-refractivity contribution is 0.0278. The number of imidazole rings is 1. The predicted octanol–water partition coefficient (Wildman–Crippen LogP) is 4.02. The summed E-state index contributed by atoms with van der Waals surface area (Å²) in [7, 11) is 3.75. The van der Waals surface area contributed by atoms with Crippen molar-refractivity contribution >= 4 is 34.1 Å². The average molecular weight is 544 g/mol. The molecule has 10 nitrogen and oxygen atoms in total. The molecule has 2 fully saturated rings. The highest BCUT2D eigenvalue weighted by atomic mass is 16.6. The van der Waals surface area contributed by atoms with E-state index in [2.05, 4.69) is 26.3 Å². The quantitative estimate of drug-likeness (QED) is 0.407. The van der Waals surface area contributed by atoms with Gasteiger partial charge in [-0.1, -0.05) is 0 Å². The topological polar surface area (TPSA) is 112 Å². The Balaban J connectivity index is 1.27. The molecule has 3 aromatic heterocycles. The second-order valence-electron chi connectivity index (χ2n) is 12.2. The molecular formula is C30H37N7O3. The van der Waals surface area contributed by atoms with Gasteiger partial charge in [0.2, 0.25) is 0 Å². The van der Waals surface area contributed by atoms with Crippen molar-refractivity contribution in [2.45, 2.75) is 57.8 Å². The summed E-state index contributed by atoms with van der Waals surface area (Å²) in [6.45, 7) is 7.08. The van der Waals surface area contributed by atoms with Gasteiger partial charge in [0.05, 0.1) is 22.8 Å². The van der Waals surface area contributed by atoms with E-state index in [4.69, 9.17) is 15.5 Å². The number of benzene rings is 1. The van der Waals surface area contributed by atoms with Gasteiger partial charge in [0.25, 0.3) is 5.91 Å². The normalized spacial score (nSPS) is 19.5. The van der Waals surface area contributed by atoms with Crippen LogP contribution in [-0.2, 0) is 18.3 Å². The first-order valence-corrected chi connectivity index (χ1v) is 13.9. The maximum Gasteiger partial charge on any atom is 0.410 e. The summed E-state index contributed by atoms with van der Waals surface area (Å²) in [6.07, 6.45) is 3.91. The van der Waals surface area contributed by atoms with Gasteiger partial charge in [-0.05, 0) is 75.9 Å². The summed E-state index contributed by atoms with van der Waals surface area (Å²) < 4.78 is 9.87. The van der Waals surface area contributed by atoms with E-state index < -0.39 is 11.7 Å². The van der Waals surface area contributed by atoms with Gasteiger partial charge in [-0.3, -0.25) is 4.79 Å². The smallest absolute Gasteiger partial charge is 0.410 e. The molecule has 2 N–H and O–H groups in total. The van der Waals surface area contributed by atoms with Crippen LogP contribution in [-0.4, -0.2) is 78.7 Å². The number of aryl methyl sites for hydroxylation is 1. The number of carbonyl (C=O) groups excluding carboxylic acids is 2. The number of rotatable bonds is 5. The lowest BCUT2D eigenvalue weighted by Gasteiger charge is -2.27. The molecule has 0 unspecified atom stereocenters. The number of likely N-dealkylation sites (tertiary alicyclic amines) is 1. The Morgan fingerprint density at radius 2 is 1.93 bits per heavy atom. The van der Waals surface area contributed by atoms with Crippen LogP contribution in [0.5, 0.6) is 0 Å². The summed E-state index contributed by atoms with van der Waals surface area (Å²) in [6, 6.07) is 11.1. The fraction of sp³-hybridized carbons (Fsp3) is 0.467. The Morgan fingerprint density at radius 1 is 1.15 bits per heavy atom. The number of ether oxygens (including phenoxy) is 1. The molecule has 1 aromatic carbocycles. The molecule has 1 aliphatic heterocycles. The summed E-state index contributed by atoms with van der Waals surface area (Å²) in [5, 5.41) is 1.09. The molecule has 1 saturated heterocycles. The van der Waals surface area contributed by atoms with Crippen molar-refractivity contribution in [3.8, 4) is 11.5 Å². The Hall–Kier alpha value is -3.92. The van der Waals surface area contributed by atoms with E-state index in [0.717, 1.165) is 40.1 Å². The molecule has 4 aromatic rings. The molecule has 0 radical (unpaired) electrons. The zero-order chi connectivity index (χ0) is 28.3. The van der Waals surface area contributed by atoms with E-state index in [1.807, 2.05) is 58.3 Å². The second-order valence-corrected chi connectivity index (χ2v) is 12.2. The molecule has 0 spiro atoms. The monoisotopic (exact) mass is 543 g/mol. The highest BCUT2D eigenvalue weighted by Gasteiger charge is 2.39. The van der Waals surface area contributed by atoms with E-state index in [9.17, 15) is 9.59 Å². The number of carbonyl (C=O) groups is 2. The van der Waals surface area contributed by atoms with Gasteiger partial charge in [-0.25, -0.2) is 14.8 Å². The fourth-order valence-electron chi connectivity index (χ4n) is 5.63. The molecular weight excluding hydrogens is 506 g/mol. The molecule has 10 heteroatoms. The third kappa shape index (κ3) is 4.81. The first-order valence-electron chi connectivity index (χ1n) is 13.9. The molecule has 1 saturated carbocycles. The van der Waals surface area contributed by atoms with Crippen molar-refractivity contribution in [3.63, 3.8) is 0 Å². The minimum absolute atomic E-state index is 0.160. The number of likely N-dealkylation sites (N-methyl/N-ethyl adjacent to an activating group) is 1. The maximum atomic E-state index is 13.6. The SMILES string of the molecule is CN(C(=O)c1ccc2c(c1)nc(-c1cc3cccnc3n1CC1CC1)n2C)[C@@H]1CN(C(=O)OC(C)(C)C)C[C@H]1N. The lowest BCUT2D eigenvalue weighted by atomic mass is 10.1. The second kappa shape index (κ2) is 9.62. The molecule has 40 heavy (non-hydrogen) atoms. The number of pyridine rings is 1. The van der Waals surface area contributed by atoms with Crippen molar-refractivity contribution in [1.82, 2.24) is 28.9 Å². The lowest BCUT2D eigenvalue weighted by Crippen LogP contribution is -2.47. The molecule has 2 aliphatic rings. The first-order chi connectivity index (χ1) is 19.0. The van der Waals surface area contributed by atoms with Gasteiger partial charge >= 0.3 is 6.09 Å². The Kier molecular flexibility index (Phi) is 6.33. The first kappa shape index (κ1) is 26.3. The number of amides is 2. The summed E-state index contributed by atoms with van der Waals surface area (Å²) in [5.74, 6) is 1.36. The molecule has 0 bridgehead atoms. The van der Waals surface area contributed by atoms with Crippen molar-refractivity contribution in [1.29, 1.82) is 0 Å². The summed E-state index contributed by atoms with van der Waals surface area (Å²) in [5.41, 5.74) is 10.0. The van der Waals surface area contributed by atoms with Crippen LogP contribution < -0.4 is 5.73 Å². The van der Waals surface area contributed by atoms with Gasteiger partial charge in [-0.15, -0.1) is 0 Å². The Morgan fingerprint density at radius 3 is 2.65 bits per heavy atom. The van der Waals surface area contributed by atoms with Gasteiger partial charge < -0.3 is 29.4 Å². The van der Waals surface area contributed by atoms with Crippen molar-refractivity contribution in [2.24, 2.45) is 18.7 Å². The van der Waals surface area contributed by atoms with E-state index in [0.29, 0.717) is 24.6 Å². The average Bonchev–Trinajstić information content (AvgIpc) is 3.41. The van der Waals surface area contributed by atoms with E-state index >= 15 is 0 Å². The molecule has 210 valence electrons. The van der Waals surface area contributed by atoms with Crippen LogP contribution in [0, 0.1) is 5.92 Å². The van der Waals surface area contributed by atoms with Crippen LogP contribution in [0.25, 0.3) is 33.6 Å². The van der Waals surface area contributed by atoms with Gasteiger partial charge in [0, 0.05) is 56.9 Å². The molecule has 1 aliphatic carbocycles. The standard InChI is InChI=1S/C30H37N7O3/c1-30(2,3)40-29(39)36-16-21(31)25(17-36)35(5)28(38)20-10-11-23-22(13-20)33-27(34(23)4)24-14-19-7-6-12-32-26(19)37(24)15-18-8-9-18/h6-7,10-14,18,21,25H,8-9,15-17,31H2,1-5H3/t21-,25-/m1/s1. The largest absolute Gasteiger partial charge is 0.444 e. The van der Waals surface area contributed by atoms with Crippen LogP contribution in [0.15, 0.2) is 42.6 Å². The predicted molar refractivity (Wildman–Crippen MR) is 154 cm³/mol. The number of nitrogens with two attached hydrogens (primary N) is 1. The Bertz CT molecular complexity index is 1610. The third-order valence-electron chi connectivity index (χ3n) is 7.95. The molecule has 4 heterocycles. The number of hydrogen-bond donors (Lipinski definition) is 1. The van der Waals surface area contributed by atoms with Gasteiger partial charge in [-0.2, -0.15) is 0 Å². The molecule has 6 rings (SSSR count). The van der Waals surface area contributed by atoms with Crippen molar-refractivity contribution in [3.05, 3.63) is 48.2 Å². The fourth-order valence-corrected chi connectivity index (χ4v) is 5.63. The van der Waals surface area contributed by atoms with E-state index in [1.165, 1.54) is 12.8 Å².